The first-order valence-electron chi connectivity index (χ1n) is 5.57. The molecule has 0 aliphatic carbocycles. The Morgan fingerprint density at radius 1 is 1.05 bits per heavy atom. The van der Waals surface area contributed by atoms with Gasteiger partial charge in [0.05, 0.1) is 10.0 Å². The van der Waals surface area contributed by atoms with Crippen LogP contribution in [0.3, 0.4) is 0 Å². The lowest BCUT2D eigenvalue weighted by atomic mass is 10.1. The van der Waals surface area contributed by atoms with Gasteiger partial charge in [-0.15, -0.1) is 0 Å². The number of hydrogen-bond donors (Lipinski definition) is 0. The summed E-state index contributed by atoms with van der Waals surface area (Å²) in [6.07, 6.45) is 3.27. The molecule has 0 fully saturated rings. The van der Waals surface area contributed by atoms with E-state index < -0.39 is 5.00 Å². The Hall–Kier alpha value is -0.870. The maximum Gasteiger partial charge on any atom is 0.177 e. The van der Waals surface area contributed by atoms with Gasteiger partial charge in [-0.05, 0) is 36.8 Å². The highest BCUT2D eigenvalue weighted by molar-refractivity contribution is 6.41. The number of azo groups is 1. The summed E-state index contributed by atoms with van der Waals surface area (Å²) in [5.41, 5.74) is 1.10. The summed E-state index contributed by atoms with van der Waals surface area (Å²) >= 11 is 24.2. The summed E-state index contributed by atoms with van der Waals surface area (Å²) < 4.78 is 0. The lowest BCUT2D eigenvalue weighted by Gasteiger charge is -2.15. The van der Waals surface area contributed by atoms with Gasteiger partial charge in [-0.1, -0.05) is 46.4 Å². The first kappa shape index (κ1) is 15.5. The van der Waals surface area contributed by atoms with Crippen molar-refractivity contribution in [2.75, 3.05) is 0 Å². The number of hydrogen-bond acceptors (Lipinski definition) is 3. The van der Waals surface area contributed by atoms with Crippen molar-refractivity contribution in [2.45, 2.75) is 11.9 Å². The minimum Gasteiger partial charge on any atom is -0.265 e. The molecular weight excluding hydrogens is 340 g/mol. The molecule has 0 saturated heterocycles. The van der Waals surface area contributed by atoms with Crippen LogP contribution in [0, 0.1) is 0 Å². The fourth-order valence-corrected chi connectivity index (χ4v) is 2.54. The van der Waals surface area contributed by atoms with Gasteiger partial charge in [-0.2, -0.15) is 10.2 Å². The molecular formula is C13H9Cl4N3. The number of aromatic nitrogens is 1. The van der Waals surface area contributed by atoms with E-state index in [4.69, 9.17) is 46.4 Å². The SMILES string of the molecule is CC(Cl)(N=Nc1c(Cl)cc(Cl)cc1Cl)c1ccncc1. The molecule has 1 unspecified atom stereocenters. The Balaban J connectivity index is 2.34. The molecule has 2 rings (SSSR count). The van der Waals surface area contributed by atoms with E-state index >= 15 is 0 Å². The smallest absolute Gasteiger partial charge is 0.177 e. The summed E-state index contributed by atoms with van der Waals surface area (Å²) in [4.78, 5) is 2.89. The Morgan fingerprint density at radius 2 is 1.60 bits per heavy atom. The fraction of sp³-hybridized carbons (Fsp3) is 0.154. The third-order valence-electron chi connectivity index (χ3n) is 2.53. The number of rotatable bonds is 3. The predicted octanol–water partition coefficient (Wildman–Crippen LogP) is 6.24. The van der Waals surface area contributed by atoms with Crippen LogP contribution >= 0.6 is 46.4 Å². The van der Waals surface area contributed by atoms with Crippen LogP contribution in [0.1, 0.15) is 12.5 Å². The molecule has 3 nitrogen and oxygen atoms in total. The van der Waals surface area contributed by atoms with E-state index in [0.29, 0.717) is 20.8 Å². The molecule has 1 atom stereocenters. The zero-order valence-corrected chi connectivity index (χ0v) is 13.3. The second-order valence-electron chi connectivity index (χ2n) is 4.11. The zero-order valence-electron chi connectivity index (χ0n) is 10.3. The van der Waals surface area contributed by atoms with Crippen LogP contribution in [-0.4, -0.2) is 4.98 Å². The molecule has 20 heavy (non-hydrogen) atoms. The first-order valence-corrected chi connectivity index (χ1v) is 7.08. The van der Waals surface area contributed by atoms with Gasteiger partial charge < -0.3 is 0 Å². The lowest BCUT2D eigenvalue weighted by molar-refractivity contribution is 0.677. The summed E-state index contributed by atoms with van der Waals surface area (Å²) in [6.45, 7) is 1.71. The average molecular weight is 349 g/mol. The van der Waals surface area contributed by atoms with Crippen molar-refractivity contribution in [3.05, 3.63) is 57.3 Å². The molecule has 1 heterocycles. The topological polar surface area (TPSA) is 37.6 Å². The van der Waals surface area contributed by atoms with Crippen molar-refractivity contribution < 1.29 is 0 Å². The summed E-state index contributed by atoms with van der Waals surface area (Å²) in [5, 5.41) is 9.20. The van der Waals surface area contributed by atoms with E-state index in [1.807, 2.05) is 0 Å². The molecule has 0 radical (unpaired) electrons. The third kappa shape index (κ3) is 3.61. The highest BCUT2D eigenvalue weighted by Crippen LogP contribution is 2.38. The molecule has 0 spiro atoms. The van der Waals surface area contributed by atoms with E-state index in [2.05, 4.69) is 15.2 Å². The molecule has 0 amide bonds. The quantitative estimate of drug-likeness (QED) is 0.367. The second kappa shape index (κ2) is 6.27. The van der Waals surface area contributed by atoms with Crippen molar-refractivity contribution in [1.29, 1.82) is 0 Å². The van der Waals surface area contributed by atoms with Crippen molar-refractivity contribution in [2.24, 2.45) is 10.2 Å². The Bertz CT molecular complexity index is 618. The van der Waals surface area contributed by atoms with E-state index in [9.17, 15) is 0 Å². The van der Waals surface area contributed by atoms with Gasteiger partial charge in [0.2, 0.25) is 0 Å². The molecule has 1 aromatic carbocycles. The van der Waals surface area contributed by atoms with Crippen molar-refractivity contribution >= 4 is 52.1 Å². The summed E-state index contributed by atoms with van der Waals surface area (Å²) in [6, 6.07) is 6.61. The van der Waals surface area contributed by atoms with Crippen LogP contribution in [0.25, 0.3) is 0 Å². The molecule has 0 N–H and O–H groups in total. The van der Waals surface area contributed by atoms with Crippen molar-refractivity contribution in [1.82, 2.24) is 4.98 Å². The molecule has 2 aromatic rings. The Labute approximate surface area is 136 Å². The van der Waals surface area contributed by atoms with Gasteiger partial charge in [-0.25, -0.2) is 0 Å². The van der Waals surface area contributed by atoms with Crippen LogP contribution < -0.4 is 0 Å². The maximum atomic E-state index is 6.35. The van der Waals surface area contributed by atoms with Crippen LogP contribution in [-0.2, 0) is 5.00 Å². The number of pyridine rings is 1. The standard InChI is InChI=1S/C13H9Cl4N3/c1-13(17,8-2-4-18-5-3-8)20-19-12-10(15)6-9(14)7-11(12)16/h2-7H,1H3. The largest absolute Gasteiger partial charge is 0.265 e. The van der Waals surface area contributed by atoms with E-state index in [-0.39, 0.29) is 0 Å². The Kier molecular flexibility index (Phi) is 4.86. The normalized spacial score (nSPS) is 14.4. The van der Waals surface area contributed by atoms with Gasteiger partial charge in [0, 0.05) is 17.4 Å². The highest BCUT2D eigenvalue weighted by atomic mass is 35.5. The van der Waals surface area contributed by atoms with Crippen LogP contribution in [0.5, 0.6) is 0 Å². The van der Waals surface area contributed by atoms with Crippen LogP contribution in [0.4, 0.5) is 5.69 Å². The molecule has 0 saturated carbocycles. The predicted molar refractivity (Wildman–Crippen MR) is 83.4 cm³/mol. The lowest BCUT2D eigenvalue weighted by Crippen LogP contribution is -2.09. The van der Waals surface area contributed by atoms with E-state index in [0.717, 1.165) is 5.56 Å². The maximum absolute atomic E-state index is 6.35. The molecule has 0 bridgehead atoms. The monoisotopic (exact) mass is 347 g/mol. The molecule has 7 heteroatoms. The molecule has 0 aliphatic heterocycles. The second-order valence-corrected chi connectivity index (χ2v) is 6.09. The summed E-state index contributed by atoms with van der Waals surface area (Å²) in [7, 11) is 0. The molecule has 1 aromatic heterocycles. The minimum atomic E-state index is -1.03. The molecule has 0 aliphatic rings. The van der Waals surface area contributed by atoms with E-state index in [1.165, 1.54) is 0 Å². The number of nitrogens with zero attached hydrogens (tertiary/aromatic N) is 3. The van der Waals surface area contributed by atoms with Gasteiger partial charge >= 0.3 is 0 Å². The highest BCUT2D eigenvalue weighted by Gasteiger charge is 2.23. The van der Waals surface area contributed by atoms with Crippen LogP contribution in [0.2, 0.25) is 15.1 Å². The number of benzene rings is 1. The number of alkyl halides is 1. The average Bonchev–Trinajstić information content (AvgIpc) is 2.38. The summed E-state index contributed by atoms with van der Waals surface area (Å²) in [5.74, 6) is 0. The van der Waals surface area contributed by atoms with Gasteiger partial charge in [-0.3, -0.25) is 4.98 Å². The number of halogens is 4. The van der Waals surface area contributed by atoms with Gasteiger partial charge in [0.1, 0.15) is 5.69 Å². The Morgan fingerprint density at radius 3 is 2.15 bits per heavy atom. The zero-order chi connectivity index (χ0) is 14.8. The van der Waals surface area contributed by atoms with Gasteiger partial charge in [0.25, 0.3) is 0 Å². The van der Waals surface area contributed by atoms with Crippen molar-refractivity contribution in [3.8, 4) is 0 Å². The van der Waals surface area contributed by atoms with E-state index in [1.54, 1.807) is 43.6 Å². The van der Waals surface area contributed by atoms with Gasteiger partial charge in [0.15, 0.2) is 5.00 Å². The van der Waals surface area contributed by atoms with Crippen LogP contribution in [0.15, 0.2) is 46.9 Å². The van der Waals surface area contributed by atoms with Crippen molar-refractivity contribution in [3.63, 3.8) is 0 Å². The fourth-order valence-electron chi connectivity index (χ4n) is 1.49. The first-order chi connectivity index (χ1) is 9.40. The minimum absolute atomic E-state index is 0.313. The molecule has 104 valence electrons. The third-order valence-corrected chi connectivity index (χ3v) is 3.61.